The summed E-state index contributed by atoms with van der Waals surface area (Å²) in [5.74, 6) is 0.0986. The molecule has 0 unspecified atom stereocenters. The molecular formula is C24H31FIN5O2. The van der Waals surface area contributed by atoms with Crippen LogP contribution in [0.15, 0.2) is 47.5 Å². The van der Waals surface area contributed by atoms with Gasteiger partial charge in [-0.2, -0.15) is 5.26 Å². The van der Waals surface area contributed by atoms with E-state index in [0.717, 1.165) is 11.1 Å². The molecule has 0 aliphatic heterocycles. The zero-order valence-electron chi connectivity index (χ0n) is 19.6. The molecule has 0 fully saturated rings. The topological polar surface area (TPSA) is 89.8 Å². The molecule has 178 valence electrons. The van der Waals surface area contributed by atoms with Gasteiger partial charge in [-0.1, -0.05) is 30.3 Å². The third-order valence-corrected chi connectivity index (χ3v) is 4.46. The molecule has 2 aromatic carbocycles. The first-order valence-corrected chi connectivity index (χ1v) is 10.3. The average Bonchev–Trinajstić information content (AvgIpc) is 2.74. The van der Waals surface area contributed by atoms with Crippen molar-refractivity contribution >= 4 is 36.0 Å². The van der Waals surface area contributed by atoms with Crippen LogP contribution in [0, 0.1) is 17.1 Å². The summed E-state index contributed by atoms with van der Waals surface area (Å²) in [4.78, 5) is 17.8. The number of hydrogen-bond acceptors (Lipinski definition) is 4. The molecule has 9 heteroatoms. The highest BCUT2D eigenvalue weighted by Gasteiger charge is 2.19. The monoisotopic (exact) mass is 567 g/mol. The second kappa shape index (κ2) is 13.0. The van der Waals surface area contributed by atoms with Gasteiger partial charge in [-0.05, 0) is 44.0 Å². The lowest BCUT2D eigenvalue weighted by Crippen LogP contribution is -2.36. The van der Waals surface area contributed by atoms with E-state index >= 15 is 0 Å². The number of benzene rings is 2. The molecule has 0 heterocycles. The van der Waals surface area contributed by atoms with Gasteiger partial charge in [-0.3, -0.25) is 4.99 Å². The molecule has 0 atom stereocenters. The number of aliphatic imine (C=N–C) groups is 1. The number of guanidine groups is 1. The minimum Gasteiger partial charge on any atom is -0.444 e. The van der Waals surface area contributed by atoms with E-state index < -0.39 is 11.4 Å². The summed E-state index contributed by atoms with van der Waals surface area (Å²) in [6.45, 7) is 6.73. The molecule has 0 spiro atoms. The molecule has 2 N–H and O–H groups in total. The fourth-order valence-electron chi connectivity index (χ4n) is 2.79. The fourth-order valence-corrected chi connectivity index (χ4v) is 2.79. The Labute approximate surface area is 212 Å². The van der Waals surface area contributed by atoms with Crippen LogP contribution < -0.4 is 10.6 Å². The SMILES string of the molecule is CN=C(NCc1ccc(CN(C)C(=O)OC(C)(C)C)cc1)NCc1ccc(C#N)cc1F.I. The van der Waals surface area contributed by atoms with Crippen LogP contribution in [0.5, 0.6) is 0 Å². The van der Waals surface area contributed by atoms with E-state index in [4.69, 9.17) is 10.00 Å². The van der Waals surface area contributed by atoms with E-state index in [2.05, 4.69) is 15.6 Å². The lowest BCUT2D eigenvalue weighted by molar-refractivity contribution is 0.0285. The number of ether oxygens (including phenoxy) is 1. The number of nitrogens with one attached hydrogen (secondary N) is 2. The zero-order valence-corrected chi connectivity index (χ0v) is 21.9. The molecule has 0 saturated carbocycles. The lowest BCUT2D eigenvalue weighted by atomic mass is 10.1. The van der Waals surface area contributed by atoms with Crippen LogP contribution in [0.1, 0.15) is 43.0 Å². The Morgan fingerprint density at radius 1 is 1.12 bits per heavy atom. The second-order valence-corrected chi connectivity index (χ2v) is 8.35. The minimum atomic E-state index is -0.528. The Bertz CT molecular complexity index is 997. The minimum absolute atomic E-state index is 0. The Morgan fingerprint density at radius 2 is 1.73 bits per heavy atom. The van der Waals surface area contributed by atoms with Crippen molar-refractivity contribution in [2.24, 2.45) is 4.99 Å². The Hall–Kier alpha value is -2.87. The first kappa shape index (κ1) is 28.2. The molecule has 0 radical (unpaired) electrons. The first-order valence-electron chi connectivity index (χ1n) is 10.3. The fraction of sp³-hybridized carbons (Fsp3) is 0.375. The van der Waals surface area contributed by atoms with Gasteiger partial charge in [-0.25, -0.2) is 9.18 Å². The van der Waals surface area contributed by atoms with Crippen molar-refractivity contribution < 1.29 is 13.9 Å². The molecule has 2 aromatic rings. The van der Waals surface area contributed by atoms with E-state index in [-0.39, 0.29) is 42.2 Å². The van der Waals surface area contributed by atoms with Crippen molar-refractivity contribution in [2.75, 3.05) is 14.1 Å². The molecule has 33 heavy (non-hydrogen) atoms. The molecule has 0 saturated heterocycles. The highest BCUT2D eigenvalue weighted by Crippen LogP contribution is 2.12. The van der Waals surface area contributed by atoms with Crippen LogP contribution in [0.4, 0.5) is 9.18 Å². The molecule has 0 aliphatic rings. The average molecular weight is 567 g/mol. The van der Waals surface area contributed by atoms with Crippen molar-refractivity contribution in [1.82, 2.24) is 15.5 Å². The first-order chi connectivity index (χ1) is 15.1. The van der Waals surface area contributed by atoms with Gasteiger partial charge in [0, 0.05) is 39.3 Å². The second-order valence-electron chi connectivity index (χ2n) is 8.35. The molecule has 2 rings (SSSR count). The van der Waals surface area contributed by atoms with Gasteiger partial charge in [0.25, 0.3) is 0 Å². The molecule has 0 aliphatic carbocycles. The van der Waals surface area contributed by atoms with Crippen molar-refractivity contribution in [2.45, 2.75) is 46.0 Å². The van der Waals surface area contributed by atoms with Crippen LogP contribution in [0.3, 0.4) is 0 Å². The molecule has 0 aromatic heterocycles. The number of amides is 1. The summed E-state index contributed by atoms with van der Waals surface area (Å²) < 4.78 is 19.4. The Kier molecular flexibility index (Phi) is 11.1. The Balaban J connectivity index is 0.00000544. The van der Waals surface area contributed by atoms with Crippen molar-refractivity contribution in [1.29, 1.82) is 5.26 Å². The van der Waals surface area contributed by atoms with Crippen molar-refractivity contribution in [3.63, 3.8) is 0 Å². The van der Waals surface area contributed by atoms with Gasteiger partial charge in [-0.15, -0.1) is 24.0 Å². The number of halogens is 2. The van der Waals surface area contributed by atoms with E-state index in [1.54, 1.807) is 26.2 Å². The maximum atomic E-state index is 14.0. The maximum absolute atomic E-state index is 14.0. The van der Waals surface area contributed by atoms with Crippen molar-refractivity contribution in [3.05, 3.63) is 70.5 Å². The van der Waals surface area contributed by atoms with Gasteiger partial charge < -0.3 is 20.3 Å². The predicted octanol–water partition coefficient (Wildman–Crippen LogP) is 4.55. The highest BCUT2D eigenvalue weighted by atomic mass is 127. The number of rotatable bonds is 6. The number of hydrogen-bond donors (Lipinski definition) is 2. The van der Waals surface area contributed by atoms with Crippen LogP contribution in [-0.2, 0) is 24.4 Å². The van der Waals surface area contributed by atoms with Crippen molar-refractivity contribution in [3.8, 4) is 6.07 Å². The van der Waals surface area contributed by atoms with Crippen LogP contribution in [0.2, 0.25) is 0 Å². The molecular weight excluding hydrogens is 536 g/mol. The third-order valence-electron chi connectivity index (χ3n) is 4.46. The maximum Gasteiger partial charge on any atom is 0.410 e. The van der Waals surface area contributed by atoms with Gasteiger partial charge in [0.1, 0.15) is 11.4 Å². The lowest BCUT2D eigenvalue weighted by Gasteiger charge is -2.24. The number of carbonyl (C=O) groups is 1. The van der Waals surface area contributed by atoms with E-state index in [9.17, 15) is 9.18 Å². The molecule has 0 bridgehead atoms. The van der Waals surface area contributed by atoms with Crippen LogP contribution in [0.25, 0.3) is 0 Å². The normalized spacial score (nSPS) is 11.1. The van der Waals surface area contributed by atoms with E-state index in [0.29, 0.717) is 24.6 Å². The van der Waals surface area contributed by atoms with Gasteiger partial charge in [0.05, 0.1) is 11.6 Å². The smallest absolute Gasteiger partial charge is 0.410 e. The summed E-state index contributed by atoms with van der Waals surface area (Å²) in [5, 5.41) is 15.1. The predicted molar refractivity (Wildman–Crippen MR) is 138 cm³/mol. The van der Waals surface area contributed by atoms with Crippen LogP contribution in [-0.4, -0.2) is 36.6 Å². The van der Waals surface area contributed by atoms with Gasteiger partial charge >= 0.3 is 6.09 Å². The third kappa shape index (κ3) is 9.65. The van der Waals surface area contributed by atoms with Gasteiger partial charge in [0.15, 0.2) is 5.96 Å². The molecule has 7 nitrogen and oxygen atoms in total. The zero-order chi connectivity index (χ0) is 23.7. The summed E-state index contributed by atoms with van der Waals surface area (Å²) >= 11 is 0. The highest BCUT2D eigenvalue weighted by molar-refractivity contribution is 14.0. The van der Waals surface area contributed by atoms with Crippen LogP contribution >= 0.6 is 24.0 Å². The standard InChI is InChI=1S/C24H30FN5O2.HI/c1-24(2,3)32-23(31)30(5)16-18-8-6-17(7-9-18)14-28-22(27-4)29-15-20-11-10-19(13-26)12-21(20)25;/h6-12H,14-16H2,1-5H3,(H2,27,28,29);1H. The Morgan fingerprint density at radius 3 is 2.27 bits per heavy atom. The summed E-state index contributed by atoms with van der Waals surface area (Å²) in [6.07, 6.45) is -0.364. The quantitative estimate of drug-likeness (QED) is 0.304. The number of nitriles is 1. The summed E-state index contributed by atoms with van der Waals surface area (Å²) in [5.41, 5.74) is 2.22. The van der Waals surface area contributed by atoms with E-state index in [1.165, 1.54) is 11.0 Å². The van der Waals surface area contributed by atoms with Gasteiger partial charge in [0.2, 0.25) is 0 Å². The number of nitrogens with zero attached hydrogens (tertiary/aromatic N) is 3. The molecule has 1 amide bonds. The number of carbonyl (C=O) groups excluding carboxylic acids is 1. The summed E-state index contributed by atoms with van der Waals surface area (Å²) in [7, 11) is 3.34. The van der Waals surface area contributed by atoms with E-state index in [1.807, 2.05) is 51.1 Å². The summed E-state index contributed by atoms with van der Waals surface area (Å²) in [6, 6.07) is 14.2. The largest absolute Gasteiger partial charge is 0.444 e.